The number of rotatable bonds is 1. The van der Waals surface area contributed by atoms with Crippen molar-refractivity contribution in [2.45, 2.75) is 25.3 Å². The van der Waals surface area contributed by atoms with Crippen LogP contribution >= 0.6 is 11.6 Å². The number of nitrogens with one attached hydrogen (secondary N) is 1. The summed E-state index contributed by atoms with van der Waals surface area (Å²) in [6, 6.07) is 7.49. The molecule has 1 aromatic carbocycles. The first-order valence-corrected chi connectivity index (χ1v) is 7.56. The molecule has 1 saturated heterocycles. The van der Waals surface area contributed by atoms with Crippen molar-refractivity contribution < 1.29 is 4.79 Å². The third kappa shape index (κ3) is 2.91. The van der Waals surface area contributed by atoms with Crippen LogP contribution in [0.1, 0.15) is 19.3 Å². The summed E-state index contributed by atoms with van der Waals surface area (Å²) >= 11 is 5.84. The van der Waals surface area contributed by atoms with Gasteiger partial charge in [-0.05, 0) is 55.4 Å². The molecule has 2 aliphatic rings. The number of carbonyl (C=O) groups is 1. The Morgan fingerprint density at radius 2 is 1.90 bits per heavy atom. The highest BCUT2D eigenvalue weighted by atomic mass is 35.5. The predicted molar refractivity (Wildman–Crippen MR) is 80.9 cm³/mol. The molecule has 1 aromatic rings. The van der Waals surface area contributed by atoms with E-state index < -0.39 is 0 Å². The second-order valence-corrected chi connectivity index (χ2v) is 6.37. The van der Waals surface area contributed by atoms with E-state index in [4.69, 9.17) is 17.3 Å². The number of likely N-dealkylation sites (tertiary alicyclic amines) is 1. The maximum absolute atomic E-state index is 12.3. The summed E-state index contributed by atoms with van der Waals surface area (Å²) in [5, 5.41) is 3.60. The lowest BCUT2D eigenvalue weighted by Crippen LogP contribution is -2.33. The molecule has 1 aliphatic carbocycles. The van der Waals surface area contributed by atoms with Crippen LogP contribution in [-0.4, -0.2) is 30.1 Å². The number of hydrogen-bond acceptors (Lipinski definition) is 2. The minimum absolute atomic E-state index is 0.0182. The van der Waals surface area contributed by atoms with Crippen molar-refractivity contribution in [3.63, 3.8) is 0 Å². The Labute approximate surface area is 124 Å². The first-order chi connectivity index (χ1) is 9.61. The summed E-state index contributed by atoms with van der Waals surface area (Å²) in [4.78, 5) is 14.2. The van der Waals surface area contributed by atoms with E-state index in [1.54, 1.807) is 12.1 Å². The number of nitrogens with zero attached hydrogens (tertiary/aromatic N) is 1. The van der Waals surface area contributed by atoms with E-state index in [0.717, 1.165) is 38.0 Å². The Balaban J connectivity index is 1.60. The minimum atomic E-state index is -0.0182. The number of anilines is 1. The number of amides is 2. The van der Waals surface area contributed by atoms with Crippen LogP contribution in [0.4, 0.5) is 10.5 Å². The zero-order chi connectivity index (χ0) is 14.1. The van der Waals surface area contributed by atoms with Crippen LogP contribution < -0.4 is 11.1 Å². The van der Waals surface area contributed by atoms with Crippen molar-refractivity contribution in [3.8, 4) is 0 Å². The second kappa shape index (κ2) is 5.62. The van der Waals surface area contributed by atoms with Crippen LogP contribution in [0, 0.1) is 11.8 Å². The Kier molecular flexibility index (Phi) is 3.85. The molecule has 1 unspecified atom stereocenters. The van der Waals surface area contributed by atoms with Crippen molar-refractivity contribution in [1.29, 1.82) is 0 Å². The van der Waals surface area contributed by atoms with Gasteiger partial charge in [0.15, 0.2) is 0 Å². The van der Waals surface area contributed by atoms with E-state index in [1.807, 2.05) is 17.0 Å². The number of carbonyl (C=O) groups excluding carboxylic acids is 1. The minimum Gasteiger partial charge on any atom is -0.328 e. The van der Waals surface area contributed by atoms with E-state index in [9.17, 15) is 4.79 Å². The lowest BCUT2D eigenvalue weighted by Gasteiger charge is -2.27. The average molecular weight is 294 g/mol. The van der Waals surface area contributed by atoms with Crippen molar-refractivity contribution >= 4 is 23.3 Å². The lowest BCUT2D eigenvalue weighted by molar-refractivity contribution is 0.220. The summed E-state index contributed by atoms with van der Waals surface area (Å²) in [5.41, 5.74) is 6.80. The molecular formula is C15H20ClN3O. The van der Waals surface area contributed by atoms with Gasteiger partial charge in [0.2, 0.25) is 0 Å². The van der Waals surface area contributed by atoms with Gasteiger partial charge in [-0.2, -0.15) is 0 Å². The van der Waals surface area contributed by atoms with Gasteiger partial charge in [-0.3, -0.25) is 0 Å². The highest BCUT2D eigenvalue weighted by Crippen LogP contribution is 2.35. The maximum atomic E-state index is 12.3. The van der Waals surface area contributed by atoms with Gasteiger partial charge in [0.05, 0.1) is 0 Å². The molecule has 0 spiro atoms. The fraction of sp³-hybridized carbons (Fsp3) is 0.533. The Bertz CT molecular complexity index is 490. The standard InChI is InChI=1S/C15H20ClN3O/c16-12-2-5-14(6-3-12)18-15(20)19-8-10-1-4-13(17)7-11(10)9-19/h2-3,5-6,10-11,13H,1,4,7-9,17H2,(H,18,20)/t10-,11+,13?/m1/s1. The molecule has 0 bridgehead atoms. The summed E-state index contributed by atoms with van der Waals surface area (Å²) < 4.78 is 0. The van der Waals surface area contributed by atoms with E-state index in [0.29, 0.717) is 22.9 Å². The van der Waals surface area contributed by atoms with Crippen LogP contribution in [0.5, 0.6) is 0 Å². The monoisotopic (exact) mass is 293 g/mol. The molecule has 1 saturated carbocycles. The van der Waals surface area contributed by atoms with Gasteiger partial charge < -0.3 is 16.0 Å². The quantitative estimate of drug-likeness (QED) is 0.836. The first kappa shape index (κ1) is 13.7. The molecular weight excluding hydrogens is 274 g/mol. The van der Waals surface area contributed by atoms with Gasteiger partial charge >= 0.3 is 6.03 Å². The number of fused-ring (bicyclic) bond motifs is 1. The average Bonchev–Trinajstić information content (AvgIpc) is 2.84. The van der Waals surface area contributed by atoms with Gasteiger partial charge in [-0.1, -0.05) is 11.6 Å². The van der Waals surface area contributed by atoms with Crippen LogP contribution in [-0.2, 0) is 0 Å². The van der Waals surface area contributed by atoms with E-state index in [1.165, 1.54) is 0 Å². The summed E-state index contributed by atoms with van der Waals surface area (Å²) in [6.07, 6.45) is 3.29. The molecule has 1 aliphatic heterocycles. The molecule has 3 N–H and O–H groups in total. The Morgan fingerprint density at radius 1 is 1.20 bits per heavy atom. The molecule has 2 fully saturated rings. The summed E-state index contributed by atoms with van der Waals surface area (Å²) in [6.45, 7) is 1.69. The zero-order valence-corrected chi connectivity index (χ0v) is 12.1. The third-order valence-corrected chi connectivity index (χ3v) is 4.72. The smallest absolute Gasteiger partial charge is 0.321 e. The van der Waals surface area contributed by atoms with Crippen molar-refractivity contribution in [3.05, 3.63) is 29.3 Å². The van der Waals surface area contributed by atoms with Gasteiger partial charge in [0.25, 0.3) is 0 Å². The molecule has 0 aromatic heterocycles. The third-order valence-electron chi connectivity index (χ3n) is 4.47. The maximum Gasteiger partial charge on any atom is 0.321 e. The summed E-state index contributed by atoms with van der Waals surface area (Å²) in [7, 11) is 0. The van der Waals surface area contributed by atoms with Crippen LogP contribution in [0.2, 0.25) is 5.02 Å². The second-order valence-electron chi connectivity index (χ2n) is 5.94. The van der Waals surface area contributed by atoms with Gasteiger partial charge in [0.1, 0.15) is 0 Å². The number of urea groups is 1. The zero-order valence-electron chi connectivity index (χ0n) is 11.4. The predicted octanol–water partition coefficient (Wildman–Crippen LogP) is 2.93. The molecule has 0 radical (unpaired) electrons. The van der Waals surface area contributed by atoms with Crippen molar-refractivity contribution in [2.75, 3.05) is 18.4 Å². The molecule has 1 heterocycles. The fourth-order valence-corrected chi connectivity index (χ4v) is 3.50. The number of nitrogens with two attached hydrogens (primary N) is 1. The fourth-order valence-electron chi connectivity index (χ4n) is 3.37. The number of hydrogen-bond donors (Lipinski definition) is 2. The van der Waals surface area contributed by atoms with Crippen molar-refractivity contribution in [2.24, 2.45) is 17.6 Å². The van der Waals surface area contributed by atoms with Crippen LogP contribution in [0.3, 0.4) is 0 Å². The molecule has 108 valence electrons. The molecule has 20 heavy (non-hydrogen) atoms. The topological polar surface area (TPSA) is 58.4 Å². The lowest BCUT2D eigenvalue weighted by atomic mass is 9.79. The molecule has 4 nitrogen and oxygen atoms in total. The summed E-state index contributed by atoms with van der Waals surface area (Å²) in [5.74, 6) is 1.21. The number of halogens is 1. The van der Waals surface area contributed by atoms with E-state index in [2.05, 4.69) is 5.32 Å². The van der Waals surface area contributed by atoms with Crippen LogP contribution in [0.15, 0.2) is 24.3 Å². The molecule has 5 heteroatoms. The highest BCUT2D eigenvalue weighted by molar-refractivity contribution is 6.30. The Hall–Kier alpha value is -1.26. The molecule has 3 rings (SSSR count). The molecule has 2 amide bonds. The van der Waals surface area contributed by atoms with Crippen LogP contribution in [0.25, 0.3) is 0 Å². The SMILES string of the molecule is NC1CC[C@@H]2CN(C(=O)Nc3ccc(Cl)cc3)C[C@@H]2C1. The highest BCUT2D eigenvalue weighted by Gasteiger charge is 2.38. The van der Waals surface area contributed by atoms with Gasteiger partial charge in [0, 0.05) is 29.8 Å². The largest absolute Gasteiger partial charge is 0.328 e. The number of benzene rings is 1. The normalized spacial score (nSPS) is 29.1. The van der Waals surface area contributed by atoms with Gasteiger partial charge in [-0.15, -0.1) is 0 Å². The van der Waals surface area contributed by atoms with E-state index >= 15 is 0 Å². The van der Waals surface area contributed by atoms with Crippen molar-refractivity contribution in [1.82, 2.24) is 4.90 Å². The van der Waals surface area contributed by atoms with Gasteiger partial charge in [-0.25, -0.2) is 4.79 Å². The van der Waals surface area contributed by atoms with E-state index in [-0.39, 0.29) is 6.03 Å². The first-order valence-electron chi connectivity index (χ1n) is 7.19. The Morgan fingerprint density at radius 3 is 2.65 bits per heavy atom. The molecule has 3 atom stereocenters.